The number of hydrogen-bond acceptors (Lipinski definition) is 4. The topological polar surface area (TPSA) is 72.5 Å². The van der Waals surface area contributed by atoms with E-state index in [1.165, 1.54) is 24.9 Å². The van der Waals surface area contributed by atoms with E-state index >= 15 is 0 Å². The first-order valence-corrected chi connectivity index (χ1v) is 6.72. The molecule has 0 aliphatic heterocycles. The lowest BCUT2D eigenvalue weighted by atomic mass is 10.1. The lowest BCUT2D eigenvalue weighted by molar-refractivity contribution is -0.139. The third-order valence-corrected chi connectivity index (χ3v) is 4.33. The smallest absolute Gasteiger partial charge is 0.321 e. The molecule has 3 N–H and O–H groups in total. The van der Waals surface area contributed by atoms with E-state index in [0.29, 0.717) is 11.3 Å². The molecule has 1 aromatic carbocycles. The number of halogens is 1. The first kappa shape index (κ1) is 15.8. The van der Waals surface area contributed by atoms with Crippen LogP contribution in [0, 0.1) is 5.82 Å². The van der Waals surface area contributed by atoms with Gasteiger partial charge in [0.15, 0.2) is 11.6 Å². The highest BCUT2D eigenvalue weighted by Gasteiger charge is 2.32. The lowest BCUT2D eigenvalue weighted by Crippen LogP contribution is -2.46. The van der Waals surface area contributed by atoms with Crippen molar-refractivity contribution >= 4 is 17.7 Å². The second-order valence-electron chi connectivity index (χ2n) is 4.64. The van der Waals surface area contributed by atoms with E-state index in [0.717, 1.165) is 0 Å². The number of carboxylic acids is 1. The zero-order valence-corrected chi connectivity index (χ0v) is 12.0. The Kier molecular flexibility index (Phi) is 5.20. The summed E-state index contributed by atoms with van der Waals surface area (Å²) < 4.78 is 18.1. The first-order chi connectivity index (χ1) is 8.79. The van der Waals surface area contributed by atoms with Crippen molar-refractivity contribution < 1.29 is 19.0 Å². The second kappa shape index (κ2) is 6.25. The van der Waals surface area contributed by atoms with Gasteiger partial charge in [-0.2, -0.15) is 0 Å². The van der Waals surface area contributed by atoms with Crippen molar-refractivity contribution in [1.29, 1.82) is 0 Å². The summed E-state index contributed by atoms with van der Waals surface area (Å²) in [4.78, 5) is 10.9. The van der Waals surface area contributed by atoms with Gasteiger partial charge < -0.3 is 15.6 Å². The fraction of sp³-hybridized carbons (Fsp3) is 0.462. The molecular weight excluding hydrogens is 269 g/mol. The third-order valence-electron chi connectivity index (χ3n) is 2.88. The van der Waals surface area contributed by atoms with Crippen molar-refractivity contribution in [1.82, 2.24) is 0 Å². The first-order valence-electron chi connectivity index (χ1n) is 5.73. The van der Waals surface area contributed by atoms with Crippen LogP contribution in [0.1, 0.15) is 19.4 Å². The van der Waals surface area contributed by atoms with Crippen molar-refractivity contribution in [2.75, 3.05) is 7.11 Å². The van der Waals surface area contributed by atoms with Crippen LogP contribution in [0.4, 0.5) is 4.39 Å². The van der Waals surface area contributed by atoms with Gasteiger partial charge in [-0.1, -0.05) is 12.1 Å². The molecule has 0 radical (unpaired) electrons. The van der Waals surface area contributed by atoms with Crippen LogP contribution in [-0.4, -0.2) is 29.0 Å². The standard InChI is InChI=1S/C13H18FNO3S/c1-13(2,11(15)12(16)17)19-7-8-5-4-6-9(18-3)10(8)14/h4-6,11H,7,15H2,1-3H3,(H,16,17)/t11-/m0/s1. The minimum Gasteiger partial charge on any atom is -0.494 e. The predicted octanol–water partition coefficient (Wildman–Crippen LogP) is 2.26. The van der Waals surface area contributed by atoms with Crippen LogP contribution in [0.25, 0.3) is 0 Å². The van der Waals surface area contributed by atoms with E-state index in [1.807, 2.05) is 0 Å². The SMILES string of the molecule is COc1cccc(CSC(C)(C)[C@@H](N)C(=O)O)c1F. The summed E-state index contributed by atoms with van der Waals surface area (Å²) in [6.07, 6.45) is 0. The maximum atomic E-state index is 13.9. The summed E-state index contributed by atoms with van der Waals surface area (Å²) in [5, 5.41) is 8.92. The number of ether oxygens (including phenoxy) is 1. The molecule has 0 aromatic heterocycles. The number of nitrogens with two attached hydrogens (primary N) is 1. The molecular formula is C13H18FNO3S. The summed E-state index contributed by atoms with van der Waals surface area (Å²) in [6, 6.07) is 3.87. The van der Waals surface area contributed by atoms with Gasteiger partial charge in [0, 0.05) is 16.1 Å². The highest BCUT2D eigenvalue weighted by atomic mass is 32.2. The van der Waals surface area contributed by atoms with Gasteiger partial charge in [0.05, 0.1) is 7.11 Å². The van der Waals surface area contributed by atoms with Crippen molar-refractivity contribution in [2.45, 2.75) is 30.4 Å². The largest absolute Gasteiger partial charge is 0.494 e. The Bertz CT molecular complexity index is 465. The van der Waals surface area contributed by atoms with Crippen LogP contribution in [0.15, 0.2) is 18.2 Å². The average molecular weight is 287 g/mol. The summed E-state index contributed by atoms with van der Waals surface area (Å²) in [6.45, 7) is 3.46. The molecule has 0 fully saturated rings. The molecule has 0 spiro atoms. The second-order valence-corrected chi connectivity index (χ2v) is 6.27. The Morgan fingerprint density at radius 1 is 1.58 bits per heavy atom. The minimum atomic E-state index is -1.07. The number of carboxylic acid groups (broad SMARTS) is 1. The zero-order valence-electron chi connectivity index (χ0n) is 11.1. The van der Waals surface area contributed by atoms with Crippen LogP contribution in [0.2, 0.25) is 0 Å². The molecule has 0 unspecified atom stereocenters. The van der Waals surface area contributed by atoms with Gasteiger partial charge >= 0.3 is 5.97 Å². The summed E-state index contributed by atoms with van der Waals surface area (Å²) in [5.74, 6) is -0.976. The van der Waals surface area contributed by atoms with Crippen LogP contribution < -0.4 is 10.5 Å². The number of carbonyl (C=O) groups is 1. The predicted molar refractivity (Wildman–Crippen MR) is 73.9 cm³/mol. The fourth-order valence-corrected chi connectivity index (χ4v) is 2.51. The minimum absolute atomic E-state index is 0.179. The third kappa shape index (κ3) is 3.84. The highest BCUT2D eigenvalue weighted by Crippen LogP contribution is 2.32. The van der Waals surface area contributed by atoms with E-state index in [1.54, 1.807) is 26.0 Å². The Morgan fingerprint density at radius 3 is 2.74 bits per heavy atom. The number of thioether (sulfide) groups is 1. The molecule has 6 heteroatoms. The molecule has 19 heavy (non-hydrogen) atoms. The van der Waals surface area contributed by atoms with Crippen LogP contribution in [-0.2, 0) is 10.5 Å². The number of methoxy groups -OCH3 is 1. The van der Waals surface area contributed by atoms with E-state index in [2.05, 4.69) is 0 Å². The fourth-order valence-electron chi connectivity index (χ4n) is 1.48. The molecule has 0 saturated carbocycles. The van der Waals surface area contributed by atoms with Crippen LogP contribution >= 0.6 is 11.8 Å². The van der Waals surface area contributed by atoms with Gasteiger partial charge in [-0.3, -0.25) is 4.79 Å². The van der Waals surface area contributed by atoms with Gasteiger partial charge in [-0.05, 0) is 19.9 Å². The molecule has 0 amide bonds. The molecule has 1 atom stereocenters. The summed E-state index contributed by atoms with van der Waals surface area (Å²) >= 11 is 1.30. The highest BCUT2D eigenvalue weighted by molar-refractivity contribution is 7.99. The van der Waals surface area contributed by atoms with Gasteiger partial charge in [-0.25, -0.2) is 4.39 Å². The average Bonchev–Trinajstić information content (AvgIpc) is 2.36. The normalized spacial score (nSPS) is 13.1. The van der Waals surface area contributed by atoms with Crippen molar-refractivity contribution in [3.05, 3.63) is 29.6 Å². The van der Waals surface area contributed by atoms with Crippen molar-refractivity contribution in [2.24, 2.45) is 5.73 Å². The summed E-state index contributed by atoms with van der Waals surface area (Å²) in [5.41, 5.74) is 6.08. The molecule has 106 valence electrons. The molecule has 4 nitrogen and oxygen atoms in total. The van der Waals surface area contributed by atoms with E-state index in [4.69, 9.17) is 15.6 Å². The maximum Gasteiger partial charge on any atom is 0.321 e. The number of benzene rings is 1. The number of aliphatic carboxylic acids is 1. The van der Waals surface area contributed by atoms with Gasteiger partial charge in [0.25, 0.3) is 0 Å². The van der Waals surface area contributed by atoms with Gasteiger partial charge in [0.1, 0.15) is 6.04 Å². The van der Waals surface area contributed by atoms with Gasteiger partial charge in [0.2, 0.25) is 0 Å². The number of hydrogen-bond donors (Lipinski definition) is 2. The Morgan fingerprint density at radius 2 is 2.21 bits per heavy atom. The van der Waals surface area contributed by atoms with Crippen LogP contribution in [0.3, 0.4) is 0 Å². The number of rotatable bonds is 6. The molecule has 0 saturated heterocycles. The molecule has 1 rings (SSSR count). The molecule has 1 aromatic rings. The Balaban J connectivity index is 2.79. The monoisotopic (exact) mass is 287 g/mol. The summed E-state index contributed by atoms with van der Waals surface area (Å²) in [7, 11) is 1.40. The Hall–Kier alpha value is -1.27. The lowest BCUT2D eigenvalue weighted by Gasteiger charge is -2.28. The molecule has 0 aliphatic rings. The van der Waals surface area contributed by atoms with E-state index < -0.39 is 22.6 Å². The molecule has 0 bridgehead atoms. The maximum absolute atomic E-state index is 13.9. The van der Waals surface area contributed by atoms with Crippen molar-refractivity contribution in [3.8, 4) is 5.75 Å². The van der Waals surface area contributed by atoms with Gasteiger partial charge in [-0.15, -0.1) is 11.8 Å². The van der Waals surface area contributed by atoms with E-state index in [-0.39, 0.29) is 5.75 Å². The van der Waals surface area contributed by atoms with Crippen molar-refractivity contribution in [3.63, 3.8) is 0 Å². The quantitative estimate of drug-likeness (QED) is 0.839. The van der Waals surface area contributed by atoms with E-state index in [9.17, 15) is 9.18 Å². The molecule has 0 heterocycles. The Labute approximate surface area is 116 Å². The molecule has 0 aliphatic carbocycles. The zero-order chi connectivity index (χ0) is 14.6. The van der Waals surface area contributed by atoms with Crippen LogP contribution in [0.5, 0.6) is 5.75 Å².